The summed E-state index contributed by atoms with van der Waals surface area (Å²) in [6.45, 7) is 9.57. The maximum Gasteiger partial charge on any atom is 0.407 e. The molecule has 18 heavy (non-hydrogen) atoms. The smallest absolute Gasteiger partial charge is 0.407 e. The van der Waals surface area contributed by atoms with E-state index in [0.717, 1.165) is 6.54 Å². The largest absolute Gasteiger partial charge is 0.444 e. The molecule has 1 rings (SSSR count). The molecule has 0 unspecified atom stereocenters. The second kappa shape index (κ2) is 6.98. The van der Waals surface area contributed by atoms with Gasteiger partial charge < -0.3 is 15.4 Å². The number of carbonyl (C=O) groups is 1. The third kappa shape index (κ3) is 6.24. The Hall–Kier alpha value is -0.770. The number of rotatable bonds is 4. The number of ether oxygens (including phenoxy) is 1. The van der Waals surface area contributed by atoms with Crippen LogP contribution in [0, 0.1) is 5.92 Å². The molecule has 0 aromatic heterocycles. The van der Waals surface area contributed by atoms with Gasteiger partial charge in [0.15, 0.2) is 0 Å². The molecule has 0 aromatic rings. The molecule has 1 amide bonds. The van der Waals surface area contributed by atoms with Crippen molar-refractivity contribution in [3.63, 3.8) is 0 Å². The van der Waals surface area contributed by atoms with Crippen molar-refractivity contribution in [3.05, 3.63) is 0 Å². The zero-order valence-corrected chi connectivity index (χ0v) is 12.2. The summed E-state index contributed by atoms with van der Waals surface area (Å²) >= 11 is 0. The molecule has 4 nitrogen and oxygen atoms in total. The van der Waals surface area contributed by atoms with Crippen LogP contribution in [0.4, 0.5) is 4.79 Å². The minimum absolute atomic E-state index is 0.307. The quantitative estimate of drug-likeness (QED) is 0.813. The van der Waals surface area contributed by atoms with Crippen molar-refractivity contribution in [3.8, 4) is 0 Å². The van der Waals surface area contributed by atoms with Gasteiger partial charge in [0.25, 0.3) is 0 Å². The zero-order valence-electron chi connectivity index (χ0n) is 12.2. The van der Waals surface area contributed by atoms with E-state index >= 15 is 0 Å². The first-order valence-corrected chi connectivity index (χ1v) is 7.11. The SMILES string of the molecule is CCC[C@H]1CC[C@@H](CNC(=O)OC(C)(C)C)CN1. The predicted molar refractivity (Wildman–Crippen MR) is 73.7 cm³/mol. The summed E-state index contributed by atoms with van der Waals surface area (Å²) in [5, 5.41) is 6.40. The molecule has 0 radical (unpaired) electrons. The summed E-state index contributed by atoms with van der Waals surface area (Å²) in [6.07, 6.45) is 4.59. The highest BCUT2D eigenvalue weighted by atomic mass is 16.6. The third-order valence-corrected chi connectivity index (χ3v) is 3.19. The standard InChI is InChI=1S/C14H28N2O2/c1-5-6-12-8-7-11(9-15-12)10-16-13(17)18-14(2,3)4/h11-12,15H,5-10H2,1-4H3,(H,16,17)/t11-,12+/m1/s1. The van der Waals surface area contributed by atoms with E-state index in [2.05, 4.69) is 17.6 Å². The van der Waals surface area contributed by atoms with Crippen LogP contribution in [-0.2, 0) is 4.74 Å². The molecule has 1 aliphatic heterocycles. The van der Waals surface area contributed by atoms with Crippen LogP contribution < -0.4 is 10.6 Å². The Morgan fingerprint density at radius 1 is 1.39 bits per heavy atom. The summed E-state index contributed by atoms with van der Waals surface area (Å²) in [7, 11) is 0. The molecule has 2 atom stereocenters. The van der Waals surface area contributed by atoms with Gasteiger partial charge in [-0.25, -0.2) is 4.79 Å². The highest BCUT2D eigenvalue weighted by molar-refractivity contribution is 5.67. The Balaban J connectivity index is 2.16. The monoisotopic (exact) mass is 256 g/mol. The first kappa shape index (κ1) is 15.3. The number of hydrogen-bond acceptors (Lipinski definition) is 3. The van der Waals surface area contributed by atoms with Crippen molar-refractivity contribution in [1.82, 2.24) is 10.6 Å². The molecule has 1 saturated heterocycles. The van der Waals surface area contributed by atoms with Crippen molar-refractivity contribution >= 4 is 6.09 Å². The van der Waals surface area contributed by atoms with Crippen molar-refractivity contribution in [2.24, 2.45) is 5.92 Å². The van der Waals surface area contributed by atoms with Crippen molar-refractivity contribution in [2.45, 2.75) is 65.0 Å². The highest BCUT2D eigenvalue weighted by Crippen LogP contribution is 2.16. The molecule has 0 saturated carbocycles. The molecule has 0 bridgehead atoms. The molecular weight excluding hydrogens is 228 g/mol. The second-order valence-electron chi connectivity index (χ2n) is 6.22. The van der Waals surface area contributed by atoms with Gasteiger partial charge in [0, 0.05) is 12.6 Å². The van der Waals surface area contributed by atoms with Gasteiger partial charge in [-0.3, -0.25) is 0 Å². The maximum atomic E-state index is 11.5. The summed E-state index contributed by atoms with van der Waals surface area (Å²) in [5.41, 5.74) is -0.416. The predicted octanol–water partition coefficient (Wildman–Crippen LogP) is 2.68. The number of hydrogen-bond donors (Lipinski definition) is 2. The normalized spacial score (nSPS) is 24.7. The van der Waals surface area contributed by atoms with Gasteiger partial charge in [-0.2, -0.15) is 0 Å². The lowest BCUT2D eigenvalue weighted by Crippen LogP contribution is -2.44. The van der Waals surface area contributed by atoms with Gasteiger partial charge in [-0.05, 0) is 52.5 Å². The molecule has 1 fully saturated rings. The van der Waals surface area contributed by atoms with Crippen molar-refractivity contribution < 1.29 is 9.53 Å². The van der Waals surface area contributed by atoms with Crippen LogP contribution in [0.15, 0.2) is 0 Å². The number of nitrogens with one attached hydrogen (secondary N) is 2. The number of carbonyl (C=O) groups excluding carboxylic acids is 1. The Morgan fingerprint density at radius 3 is 2.61 bits per heavy atom. The van der Waals surface area contributed by atoms with Crippen LogP contribution in [0.25, 0.3) is 0 Å². The summed E-state index contributed by atoms with van der Waals surface area (Å²) in [4.78, 5) is 11.5. The van der Waals surface area contributed by atoms with Crippen LogP contribution in [0.5, 0.6) is 0 Å². The summed E-state index contributed by atoms with van der Waals surface area (Å²) < 4.78 is 5.22. The third-order valence-electron chi connectivity index (χ3n) is 3.19. The van der Waals surface area contributed by atoms with Gasteiger partial charge in [-0.15, -0.1) is 0 Å². The Bertz CT molecular complexity index is 253. The van der Waals surface area contributed by atoms with E-state index in [1.54, 1.807) is 0 Å². The average Bonchev–Trinajstić information content (AvgIpc) is 2.26. The topological polar surface area (TPSA) is 50.4 Å². The zero-order chi connectivity index (χ0) is 13.6. The molecule has 1 aliphatic rings. The van der Waals surface area contributed by atoms with Gasteiger partial charge in [-0.1, -0.05) is 13.3 Å². The fraction of sp³-hybridized carbons (Fsp3) is 0.929. The Morgan fingerprint density at radius 2 is 2.11 bits per heavy atom. The minimum atomic E-state index is -0.416. The lowest BCUT2D eigenvalue weighted by atomic mass is 9.93. The fourth-order valence-electron chi connectivity index (χ4n) is 2.29. The molecule has 0 aromatic carbocycles. The highest BCUT2D eigenvalue weighted by Gasteiger charge is 2.21. The number of piperidine rings is 1. The molecule has 4 heteroatoms. The molecule has 1 heterocycles. The average molecular weight is 256 g/mol. The van der Waals surface area contributed by atoms with E-state index < -0.39 is 5.60 Å². The van der Waals surface area contributed by atoms with E-state index in [1.807, 2.05) is 20.8 Å². The maximum absolute atomic E-state index is 11.5. The van der Waals surface area contributed by atoms with E-state index in [4.69, 9.17) is 4.74 Å². The number of alkyl carbamates (subject to hydrolysis) is 1. The first-order chi connectivity index (χ1) is 8.40. The Kier molecular flexibility index (Phi) is 5.93. The fourth-order valence-corrected chi connectivity index (χ4v) is 2.29. The van der Waals surface area contributed by atoms with Gasteiger partial charge >= 0.3 is 6.09 Å². The number of amides is 1. The Labute approximate surface area is 111 Å². The van der Waals surface area contributed by atoms with E-state index in [9.17, 15) is 4.79 Å². The van der Waals surface area contributed by atoms with Gasteiger partial charge in [0.1, 0.15) is 5.60 Å². The molecular formula is C14H28N2O2. The lowest BCUT2D eigenvalue weighted by Gasteiger charge is -2.30. The van der Waals surface area contributed by atoms with Crippen LogP contribution in [-0.4, -0.2) is 30.8 Å². The van der Waals surface area contributed by atoms with Crippen LogP contribution >= 0.6 is 0 Å². The van der Waals surface area contributed by atoms with Crippen LogP contribution in [0.2, 0.25) is 0 Å². The summed E-state index contributed by atoms with van der Waals surface area (Å²) in [5.74, 6) is 0.533. The van der Waals surface area contributed by atoms with Crippen molar-refractivity contribution in [2.75, 3.05) is 13.1 Å². The van der Waals surface area contributed by atoms with E-state index in [1.165, 1.54) is 25.7 Å². The molecule has 106 valence electrons. The minimum Gasteiger partial charge on any atom is -0.444 e. The van der Waals surface area contributed by atoms with E-state index in [0.29, 0.717) is 18.5 Å². The lowest BCUT2D eigenvalue weighted by molar-refractivity contribution is 0.0515. The first-order valence-electron chi connectivity index (χ1n) is 7.11. The molecule has 0 spiro atoms. The van der Waals surface area contributed by atoms with Gasteiger partial charge in [0.2, 0.25) is 0 Å². The summed E-state index contributed by atoms with van der Waals surface area (Å²) in [6, 6.07) is 0.674. The van der Waals surface area contributed by atoms with Crippen LogP contribution in [0.1, 0.15) is 53.4 Å². The van der Waals surface area contributed by atoms with E-state index in [-0.39, 0.29) is 6.09 Å². The van der Waals surface area contributed by atoms with Gasteiger partial charge in [0.05, 0.1) is 0 Å². The second-order valence-corrected chi connectivity index (χ2v) is 6.22. The molecule has 2 N–H and O–H groups in total. The molecule has 0 aliphatic carbocycles. The van der Waals surface area contributed by atoms with Crippen LogP contribution in [0.3, 0.4) is 0 Å². The van der Waals surface area contributed by atoms with Crippen molar-refractivity contribution in [1.29, 1.82) is 0 Å².